The first-order valence-corrected chi connectivity index (χ1v) is 7.24. The van der Waals surface area contributed by atoms with Crippen LogP contribution in [0.1, 0.15) is 50.7 Å². The van der Waals surface area contributed by atoms with E-state index in [4.69, 9.17) is 0 Å². The van der Waals surface area contributed by atoms with E-state index in [0.717, 1.165) is 17.9 Å². The molecule has 20 heavy (non-hydrogen) atoms. The van der Waals surface area contributed by atoms with Crippen LogP contribution in [0.25, 0.3) is 0 Å². The smallest absolute Gasteiger partial charge is 0.254 e. The highest BCUT2D eigenvalue weighted by molar-refractivity contribution is 5.99. The third-order valence-electron chi connectivity index (χ3n) is 3.70. The van der Waals surface area contributed by atoms with E-state index in [2.05, 4.69) is 43.3 Å². The number of aromatic nitrogens is 1. The van der Waals surface area contributed by atoms with Gasteiger partial charge in [-0.05, 0) is 31.2 Å². The summed E-state index contributed by atoms with van der Waals surface area (Å²) < 4.78 is 0. The molecular formula is C16H27N3O. The number of aryl methyl sites for hydroxylation is 1. The number of nitrogens with one attached hydrogen (secondary N) is 2. The second-order valence-electron chi connectivity index (χ2n) is 6.38. The van der Waals surface area contributed by atoms with Gasteiger partial charge in [-0.1, -0.05) is 27.7 Å². The van der Waals surface area contributed by atoms with Gasteiger partial charge in [-0.3, -0.25) is 9.78 Å². The van der Waals surface area contributed by atoms with Crippen LogP contribution in [0.15, 0.2) is 12.3 Å². The first-order chi connectivity index (χ1) is 9.25. The van der Waals surface area contributed by atoms with Gasteiger partial charge in [0.25, 0.3) is 5.91 Å². The zero-order valence-electron chi connectivity index (χ0n) is 13.5. The molecule has 1 amide bonds. The van der Waals surface area contributed by atoms with Crippen molar-refractivity contribution in [2.45, 2.75) is 41.5 Å². The molecule has 0 aliphatic carbocycles. The Morgan fingerprint density at radius 2 is 2.05 bits per heavy atom. The normalized spacial score (nSPS) is 12.9. The number of rotatable bonds is 5. The molecule has 0 radical (unpaired) electrons. The van der Waals surface area contributed by atoms with Crippen LogP contribution in [0.4, 0.5) is 5.69 Å². The van der Waals surface area contributed by atoms with Crippen LogP contribution in [0.5, 0.6) is 0 Å². The molecule has 1 atom stereocenters. The van der Waals surface area contributed by atoms with Crippen LogP contribution < -0.4 is 10.6 Å². The van der Waals surface area contributed by atoms with Crippen LogP contribution in [-0.2, 0) is 0 Å². The monoisotopic (exact) mass is 277 g/mol. The predicted molar refractivity (Wildman–Crippen MR) is 84.1 cm³/mol. The second kappa shape index (κ2) is 6.73. The Kier molecular flexibility index (Phi) is 5.54. The van der Waals surface area contributed by atoms with Crippen molar-refractivity contribution in [1.29, 1.82) is 0 Å². The Hall–Kier alpha value is -1.58. The lowest BCUT2D eigenvalue weighted by atomic mass is 9.82. The summed E-state index contributed by atoms with van der Waals surface area (Å²) in [5, 5.41) is 6.22. The summed E-state index contributed by atoms with van der Waals surface area (Å²) >= 11 is 0. The SMILES string of the molecule is CCNc1cc(C)ncc1C(=O)NCC(C)C(C)(C)C. The van der Waals surface area contributed by atoms with E-state index < -0.39 is 0 Å². The molecule has 112 valence electrons. The van der Waals surface area contributed by atoms with Crippen molar-refractivity contribution < 1.29 is 4.79 Å². The van der Waals surface area contributed by atoms with E-state index in [0.29, 0.717) is 18.0 Å². The highest BCUT2D eigenvalue weighted by Gasteiger charge is 2.21. The van der Waals surface area contributed by atoms with Crippen molar-refractivity contribution in [2.75, 3.05) is 18.4 Å². The minimum Gasteiger partial charge on any atom is -0.385 e. The lowest BCUT2D eigenvalue weighted by molar-refractivity contribution is 0.0937. The number of pyridine rings is 1. The van der Waals surface area contributed by atoms with E-state index >= 15 is 0 Å². The average molecular weight is 277 g/mol. The molecule has 1 aromatic rings. The first-order valence-electron chi connectivity index (χ1n) is 7.24. The maximum absolute atomic E-state index is 12.3. The molecular weight excluding hydrogens is 250 g/mol. The van der Waals surface area contributed by atoms with Crippen LogP contribution in [0.3, 0.4) is 0 Å². The van der Waals surface area contributed by atoms with Crippen LogP contribution in [-0.4, -0.2) is 24.0 Å². The fourth-order valence-electron chi connectivity index (χ4n) is 1.72. The van der Waals surface area contributed by atoms with Crippen molar-refractivity contribution in [1.82, 2.24) is 10.3 Å². The van der Waals surface area contributed by atoms with E-state index in [1.807, 2.05) is 19.9 Å². The average Bonchev–Trinajstić information content (AvgIpc) is 2.35. The predicted octanol–water partition coefficient (Wildman–Crippen LogP) is 3.23. The van der Waals surface area contributed by atoms with Gasteiger partial charge in [-0.25, -0.2) is 0 Å². The topological polar surface area (TPSA) is 54.0 Å². The van der Waals surface area contributed by atoms with Crippen molar-refractivity contribution in [2.24, 2.45) is 11.3 Å². The highest BCUT2D eigenvalue weighted by Crippen LogP contribution is 2.24. The van der Waals surface area contributed by atoms with Crippen molar-refractivity contribution in [3.05, 3.63) is 23.5 Å². The Morgan fingerprint density at radius 3 is 2.60 bits per heavy atom. The molecule has 0 aromatic carbocycles. The number of carbonyl (C=O) groups excluding carboxylic acids is 1. The number of hydrogen-bond donors (Lipinski definition) is 2. The van der Waals surface area contributed by atoms with Gasteiger partial charge in [0, 0.05) is 25.0 Å². The largest absolute Gasteiger partial charge is 0.385 e. The lowest BCUT2D eigenvalue weighted by Gasteiger charge is -2.27. The molecule has 1 rings (SSSR count). The van der Waals surface area contributed by atoms with E-state index in [1.165, 1.54) is 0 Å². The van der Waals surface area contributed by atoms with Gasteiger partial charge in [-0.15, -0.1) is 0 Å². The molecule has 0 aliphatic rings. The minimum absolute atomic E-state index is 0.0652. The Bertz CT molecular complexity index is 463. The zero-order valence-corrected chi connectivity index (χ0v) is 13.5. The lowest BCUT2D eigenvalue weighted by Crippen LogP contribution is -2.34. The third kappa shape index (κ3) is 4.51. The highest BCUT2D eigenvalue weighted by atomic mass is 16.1. The Morgan fingerprint density at radius 1 is 1.40 bits per heavy atom. The second-order valence-corrected chi connectivity index (χ2v) is 6.38. The van der Waals surface area contributed by atoms with Gasteiger partial charge in [0.1, 0.15) is 0 Å². The molecule has 4 heteroatoms. The summed E-state index contributed by atoms with van der Waals surface area (Å²) in [5.41, 5.74) is 2.54. The van der Waals surface area contributed by atoms with E-state index in [9.17, 15) is 4.79 Å². The van der Waals surface area contributed by atoms with Gasteiger partial charge in [0.2, 0.25) is 0 Å². The number of hydrogen-bond acceptors (Lipinski definition) is 3. The Labute approximate surface area is 122 Å². The van der Waals surface area contributed by atoms with Gasteiger partial charge >= 0.3 is 0 Å². The maximum Gasteiger partial charge on any atom is 0.254 e. The van der Waals surface area contributed by atoms with E-state index in [-0.39, 0.29) is 11.3 Å². The summed E-state index contributed by atoms with van der Waals surface area (Å²) in [6, 6.07) is 1.91. The quantitative estimate of drug-likeness (QED) is 0.868. The van der Waals surface area contributed by atoms with E-state index in [1.54, 1.807) is 6.20 Å². The zero-order chi connectivity index (χ0) is 15.3. The van der Waals surface area contributed by atoms with Gasteiger partial charge in [0.15, 0.2) is 0 Å². The number of amides is 1. The molecule has 2 N–H and O–H groups in total. The van der Waals surface area contributed by atoms with Crippen LogP contribution in [0, 0.1) is 18.3 Å². The third-order valence-corrected chi connectivity index (χ3v) is 3.70. The Balaban J connectivity index is 2.77. The molecule has 0 bridgehead atoms. The van der Waals surface area contributed by atoms with Gasteiger partial charge in [0.05, 0.1) is 11.3 Å². The molecule has 0 saturated heterocycles. The maximum atomic E-state index is 12.3. The van der Waals surface area contributed by atoms with Crippen molar-refractivity contribution >= 4 is 11.6 Å². The summed E-state index contributed by atoms with van der Waals surface area (Å²) in [6.45, 7) is 14.1. The molecule has 4 nitrogen and oxygen atoms in total. The molecule has 0 aliphatic heterocycles. The first kappa shape index (κ1) is 16.5. The molecule has 1 heterocycles. The molecule has 1 aromatic heterocycles. The summed E-state index contributed by atoms with van der Waals surface area (Å²) in [5.74, 6) is 0.344. The number of nitrogens with zero attached hydrogens (tertiary/aromatic N) is 1. The van der Waals surface area contributed by atoms with Crippen molar-refractivity contribution in [3.8, 4) is 0 Å². The fraction of sp³-hybridized carbons (Fsp3) is 0.625. The molecule has 1 unspecified atom stereocenters. The molecule has 0 fully saturated rings. The van der Waals surface area contributed by atoms with Gasteiger partial charge < -0.3 is 10.6 Å². The van der Waals surface area contributed by atoms with Crippen LogP contribution >= 0.6 is 0 Å². The molecule has 0 saturated carbocycles. The van der Waals surface area contributed by atoms with Crippen LogP contribution in [0.2, 0.25) is 0 Å². The summed E-state index contributed by atoms with van der Waals surface area (Å²) in [6.07, 6.45) is 1.64. The van der Waals surface area contributed by atoms with Crippen molar-refractivity contribution in [3.63, 3.8) is 0 Å². The number of anilines is 1. The standard InChI is InChI=1S/C16H27N3O/c1-7-17-14-8-12(3)18-10-13(14)15(20)19-9-11(2)16(4,5)6/h8,10-11H,7,9H2,1-6H3,(H,17,18)(H,19,20). The number of carbonyl (C=O) groups is 1. The summed E-state index contributed by atoms with van der Waals surface area (Å²) in [7, 11) is 0. The fourth-order valence-corrected chi connectivity index (χ4v) is 1.72. The molecule has 0 spiro atoms. The summed E-state index contributed by atoms with van der Waals surface area (Å²) in [4.78, 5) is 16.5. The minimum atomic E-state index is -0.0652. The van der Waals surface area contributed by atoms with Gasteiger partial charge in [-0.2, -0.15) is 0 Å².